The molecule has 0 atom stereocenters. The topological polar surface area (TPSA) is 27.7 Å². The summed E-state index contributed by atoms with van der Waals surface area (Å²) in [6.45, 7) is 5.37. The number of ether oxygens (including phenoxy) is 1. The fourth-order valence-corrected chi connectivity index (χ4v) is 4.08. The average Bonchev–Trinajstić information content (AvgIpc) is 2.64. The Kier molecular flexibility index (Phi) is 5.91. The Morgan fingerprint density at radius 3 is 2.41 bits per heavy atom. The second-order valence-electron chi connectivity index (χ2n) is 7.53. The predicted molar refractivity (Wildman–Crippen MR) is 114 cm³/mol. The summed E-state index contributed by atoms with van der Waals surface area (Å²) >= 11 is 4.34. The number of nitrogens with zero attached hydrogens (tertiary/aromatic N) is 2. The van der Waals surface area contributed by atoms with Crippen LogP contribution in [-0.2, 0) is 6.54 Å². The van der Waals surface area contributed by atoms with Gasteiger partial charge < -0.3 is 15.0 Å². The van der Waals surface area contributed by atoms with Crippen molar-refractivity contribution in [3.63, 3.8) is 0 Å². The van der Waals surface area contributed by atoms with E-state index in [9.17, 15) is 0 Å². The lowest BCUT2D eigenvalue weighted by Crippen LogP contribution is -2.52. The van der Waals surface area contributed by atoms with E-state index in [0.717, 1.165) is 42.1 Å². The van der Waals surface area contributed by atoms with Gasteiger partial charge in [0.25, 0.3) is 0 Å². The Balaban J connectivity index is 1.46. The molecule has 2 fully saturated rings. The molecule has 1 aliphatic carbocycles. The van der Waals surface area contributed by atoms with Crippen molar-refractivity contribution >= 4 is 18.3 Å². The first kappa shape index (κ1) is 18.7. The maximum absolute atomic E-state index is 6.13. The first-order valence-corrected chi connectivity index (χ1v) is 10.4. The van der Waals surface area contributed by atoms with Crippen LogP contribution in [0.1, 0.15) is 24.8 Å². The van der Waals surface area contributed by atoms with Gasteiger partial charge in [-0.3, -0.25) is 4.90 Å². The molecule has 0 unspecified atom stereocenters. The largest absolute Gasteiger partial charge is 0.457 e. The number of piperazine rings is 1. The van der Waals surface area contributed by atoms with Gasteiger partial charge in [-0.1, -0.05) is 6.42 Å². The first-order valence-electron chi connectivity index (χ1n) is 9.96. The Hall–Kier alpha value is -1.69. The standard InChI is InChI=1S/C22H29N3OS/c1-23-16-17-15-19(25-13-11-24(12-14-25)18-3-2-4-18)5-10-22(17)26-20-6-8-21(27)9-7-20/h5-10,15,18,23,27H,2-4,11-14,16H2,1H3. The third kappa shape index (κ3) is 4.42. The van der Waals surface area contributed by atoms with E-state index in [1.54, 1.807) is 0 Å². The lowest BCUT2D eigenvalue weighted by molar-refractivity contribution is 0.120. The molecule has 0 spiro atoms. The van der Waals surface area contributed by atoms with Crippen LogP contribution in [0.2, 0.25) is 0 Å². The fourth-order valence-electron chi connectivity index (χ4n) is 3.93. The Labute approximate surface area is 167 Å². The van der Waals surface area contributed by atoms with Crippen LogP contribution in [0.25, 0.3) is 0 Å². The number of thiol groups is 1. The number of rotatable bonds is 6. The zero-order valence-corrected chi connectivity index (χ0v) is 16.9. The molecule has 1 N–H and O–H groups in total. The van der Waals surface area contributed by atoms with E-state index >= 15 is 0 Å². The molecule has 1 aliphatic heterocycles. The van der Waals surface area contributed by atoms with Gasteiger partial charge >= 0.3 is 0 Å². The molecule has 2 aromatic rings. The molecule has 0 amide bonds. The van der Waals surface area contributed by atoms with E-state index < -0.39 is 0 Å². The third-order valence-corrected chi connectivity index (χ3v) is 6.04. The van der Waals surface area contributed by atoms with Gasteiger partial charge in [-0.15, -0.1) is 12.6 Å². The zero-order chi connectivity index (χ0) is 18.6. The predicted octanol–water partition coefficient (Wildman–Crippen LogP) is 4.16. The number of anilines is 1. The molecule has 2 aliphatic rings. The van der Waals surface area contributed by atoms with Crippen molar-refractivity contribution in [2.75, 3.05) is 38.1 Å². The Bertz CT molecular complexity index is 753. The van der Waals surface area contributed by atoms with Crippen molar-refractivity contribution in [3.05, 3.63) is 48.0 Å². The second kappa shape index (κ2) is 8.55. The van der Waals surface area contributed by atoms with Crippen LogP contribution >= 0.6 is 12.6 Å². The molecule has 1 heterocycles. The van der Waals surface area contributed by atoms with Crippen LogP contribution in [0.4, 0.5) is 5.69 Å². The van der Waals surface area contributed by atoms with Gasteiger partial charge in [-0.05, 0) is 62.4 Å². The molecule has 144 valence electrons. The van der Waals surface area contributed by atoms with Crippen LogP contribution in [0, 0.1) is 0 Å². The first-order chi connectivity index (χ1) is 13.2. The van der Waals surface area contributed by atoms with Gasteiger partial charge in [-0.25, -0.2) is 0 Å². The zero-order valence-electron chi connectivity index (χ0n) is 16.0. The average molecular weight is 384 g/mol. The molecule has 4 nitrogen and oxygen atoms in total. The van der Waals surface area contributed by atoms with Crippen LogP contribution in [0.15, 0.2) is 47.4 Å². The summed E-state index contributed by atoms with van der Waals surface area (Å²) in [4.78, 5) is 6.12. The van der Waals surface area contributed by atoms with Crippen molar-refractivity contribution in [1.82, 2.24) is 10.2 Å². The monoisotopic (exact) mass is 383 g/mol. The summed E-state index contributed by atoms with van der Waals surface area (Å²) in [6.07, 6.45) is 4.20. The van der Waals surface area contributed by atoms with Crippen LogP contribution in [-0.4, -0.2) is 44.2 Å². The highest BCUT2D eigenvalue weighted by Crippen LogP contribution is 2.31. The molecular formula is C22H29N3OS. The number of hydrogen-bond donors (Lipinski definition) is 2. The van der Waals surface area contributed by atoms with Crippen molar-refractivity contribution in [1.29, 1.82) is 0 Å². The summed E-state index contributed by atoms with van der Waals surface area (Å²) in [5.41, 5.74) is 2.48. The van der Waals surface area contributed by atoms with E-state index in [1.807, 2.05) is 31.3 Å². The van der Waals surface area contributed by atoms with Crippen LogP contribution in [0.5, 0.6) is 11.5 Å². The molecule has 0 radical (unpaired) electrons. The Morgan fingerprint density at radius 1 is 1.04 bits per heavy atom. The van der Waals surface area contributed by atoms with E-state index in [4.69, 9.17) is 4.74 Å². The smallest absolute Gasteiger partial charge is 0.132 e. The molecule has 0 bridgehead atoms. The highest BCUT2D eigenvalue weighted by Gasteiger charge is 2.28. The minimum atomic E-state index is 0.788. The van der Waals surface area contributed by atoms with Crippen molar-refractivity contribution in [3.8, 4) is 11.5 Å². The SMILES string of the molecule is CNCc1cc(N2CCN(C3CCC3)CC2)ccc1Oc1ccc(S)cc1. The minimum Gasteiger partial charge on any atom is -0.457 e. The summed E-state index contributed by atoms with van der Waals surface area (Å²) in [6, 6.07) is 15.2. The summed E-state index contributed by atoms with van der Waals surface area (Å²) < 4.78 is 6.13. The molecule has 1 saturated heterocycles. The Morgan fingerprint density at radius 2 is 1.78 bits per heavy atom. The number of nitrogens with one attached hydrogen (secondary N) is 1. The van der Waals surface area contributed by atoms with Gasteiger partial charge in [0.1, 0.15) is 11.5 Å². The normalized spacial score (nSPS) is 18.4. The van der Waals surface area contributed by atoms with Crippen molar-refractivity contribution in [2.24, 2.45) is 0 Å². The van der Waals surface area contributed by atoms with Crippen LogP contribution < -0.4 is 15.0 Å². The fraction of sp³-hybridized carbons (Fsp3) is 0.455. The number of hydrogen-bond acceptors (Lipinski definition) is 5. The van der Waals surface area contributed by atoms with Gasteiger partial charge in [-0.2, -0.15) is 0 Å². The number of benzene rings is 2. The van der Waals surface area contributed by atoms with Gasteiger partial charge in [0.15, 0.2) is 0 Å². The van der Waals surface area contributed by atoms with Crippen molar-refractivity contribution < 1.29 is 4.74 Å². The molecular weight excluding hydrogens is 354 g/mol. The lowest BCUT2D eigenvalue weighted by Gasteiger charge is -2.43. The lowest BCUT2D eigenvalue weighted by atomic mass is 9.91. The van der Waals surface area contributed by atoms with Gasteiger partial charge in [0.2, 0.25) is 0 Å². The molecule has 27 heavy (non-hydrogen) atoms. The van der Waals surface area contributed by atoms with Crippen LogP contribution in [0.3, 0.4) is 0 Å². The summed E-state index contributed by atoms with van der Waals surface area (Å²) in [5.74, 6) is 1.75. The summed E-state index contributed by atoms with van der Waals surface area (Å²) in [5, 5.41) is 3.27. The minimum absolute atomic E-state index is 0.788. The van der Waals surface area contributed by atoms with E-state index in [2.05, 4.69) is 45.9 Å². The van der Waals surface area contributed by atoms with E-state index in [1.165, 1.54) is 43.6 Å². The molecule has 5 heteroatoms. The quantitative estimate of drug-likeness (QED) is 0.733. The van der Waals surface area contributed by atoms with Crippen molar-refractivity contribution in [2.45, 2.75) is 36.7 Å². The molecule has 4 rings (SSSR count). The molecule has 2 aromatic carbocycles. The third-order valence-electron chi connectivity index (χ3n) is 5.75. The highest BCUT2D eigenvalue weighted by atomic mass is 32.1. The maximum atomic E-state index is 6.13. The molecule has 1 saturated carbocycles. The highest BCUT2D eigenvalue weighted by molar-refractivity contribution is 7.80. The maximum Gasteiger partial charge on any atom is 0.132 e. The summed E-state index contributed by atoms with van der Waals surface area (Å²) in [7, 11) is 1.98. The molecule has 0 aromatic heterocycles. The van der Waals surface area contributed by atoms with E-state index in [-0.39, 0.29) is 0 Å². The van der Waals surface area contributed by atoms with E-state index in [0.29, 0.717) is 0 Å². The second-order valence-corrected chi connectivity index (χ2v) is 8.04. The van der Waals surface area contributed by atoms with Gasteiger partial charge in [0.05, 0.1) is 0 Å². The van der Waals surface area contributed by atoms with Gasteiger partial charge in [0, 0.05) is 54.9 Å².